The Morgan fingerprint density at radius 1 is 1.03 bits per heavy atom. The van der Waals surface area contributed by atoms with Crippen LogP contribution < -0.4 is 5.32 Å². The maximum absolute atomic E-state index is 13.0. The Balaban J connectivity index is 1.68. The van der Waals surface area contributed by atoms with E-state index in [-0.39, 0.29) is 5.91 Å². The Morgan fingerprint density at radius 2 is 1.83 bits per heavy atom. The second-order valence-corrected chi connectivity index (χ2v) is 7.24. The molecule has 2 aromatic carbocycles. The van der Waals surface area contributed by atoms with Gasteiger partial charge >= 0.3 is 0 Å². The topological polar surface area (TPSA) is 73.0 Å². The molecule has 1 amide bonds. The molecule has 0 bridgehead atoms. The van der Waals surface area contributed by atoms with Gasteiger partial charge in [-0.3, -0.25) is 4.79 Å². The van der Waals surface area contributed by atoms with E-state index in [0.717, 1.165) is 28.3 Å². The van der Waals surface area contributed by atoms with Gasteiger partial charge in [0.25, 0.3) is 5.91 Å². The Morgan fingerprint density at radius 3 is 2.52 bits per heavy atom. The molecule has 0 fully saturated rings. The van der Waals surface area contributed by atoms with Gasteiger partial charge in [-0.2, -0.15) is 5.10 Å². The number of aryl methyl sites for hydroxylation is 3. The third-order valence-electron chi connectivity index (χ3n) is 4.52. The summed E-state index contributed by atoms with van der Waals surface area (Å²) in [5.41, 5.74) is 5.13. The minimum Gasteiger partial charge on any atom is -0.356 e. The number of benzene rings is 2. The summed E-state index contributed by atoms with van der Waals surface area (Å²) in [6.45, 7) is 5.73. The van der Waals surface area contributed by atoms with Gasteiger partial charge in [0.2, 0.25) is 0 Å². The number of anilines is 1. The average molecular weight is 407 g/mol. The first-order valence-electron chi connectivity index (χ1n) is 9.09. The third kappa shape index (κ3) is 3.79. The molecule has 0 atom stereocenters. The highest BCUT2D eigenvalue weighted by Crippen LogP contribution is 2.29. The molecule has 0 radical (unpaired) electrons. The molecule has 2 heterocycles. The number of halogens is 1. The summed E-state index contributed by atoms with van der Waals surface area (Å²) >= 11 is 6.33. The van der Waals surface area contributed by atoms with Crippen molar-refractivity contribution < 1.29 is 9.32 Å². The van der Waals surface area contributed by atoms with E-state index in [1.54, 1.807) is 16.8 Å². The minimum absolute atomic E-state index is 0.318. The van der Waals surface area contributed by atoms with Crippen LogP contribution in [0, 0.1) is 20.8 Å². The number of aromatic nitrogens is 3. The molecular weight excluding hydrogens is 388 g/mol. The second kappa shape index (κ2) is 7.56. The lowest BCUT2D eigenvalue weighted by molar-refractivity contribution is 0.102. The van der Waals surface area contributed by atoms with Crippen LogP contribution in [0.25, 0.3) is 17.0 Å². The normalized spacial score (nSPS) is 10.9. The number of hydrogen-bond donors (Lipinski definition) is 1. The first kappa shape index (κ1) is 19.0. The van der Waals surface area contributed by atoms with Crippen LogP contribution in [0.4, 0.5) is 5.69 Å². The summed E-state index contributed by atoms with van der Waals surface area (Å²) in [4.78, 5) is 13.0. The summed E-state index contributed by atoms with van der Waals surface area (Å²) in [6.07, 6.45) is 0. The second-order valence-electron chi connectivity index (χ2n) is 6.84. The van der Waals surface area contributed by atoms with Crippen LogP contribution in [0.1, 0.15) is 27.4 Å². The highest BCUT2D eigenvalue weighted by atomic mass is 35.5. The predicted octanol–water partition coefficient (Wildman–Crippen LogP) is 5.36. The van der Waals surface area contributed by atoms with E-state index in [4.69, 9.17) is 16.1 Å². The van der Waals surface area contributed by atoms with Crippen molar-refractivity contribution in [1.29, 1.82) is 0 Å². The van der Waals surface area contributed by atoms with Gasteiger partial charge in [-0.05, 0) is 57.2 Å². The molecule has 0 saturated carbocycles. The van der Waals surface area contributed by atoms with E-state index in [9.17, 15) is 4.79 Å². The largest absolute Gasteiger partial charge is 0.356 e. The number of nitrogens with one attached hydrogen (secondary N) is 1. The molecule has 7 heteroatoms. The molecule has 6 nitrogen and oxygen atoms in total. The van der Waals surface area contributed by atoms with Crippen LogP contribution in [0.15, 0.2) is 59.1 Å². The van der Waals surface area contributed by atoms with E-state index in [1.807, 2.05) is 63.2 Å². The molecule has 0 spiro atoms. The van der Waals surface area contributed by atoms with Crippen molar-refractivity contribution in [2.75, 3.05) is 5.32 Å². The molecule has 0 aliphatic heterocycles. The average Bonchev–Trinajstić information content (AvgIpc) is 3.27. The van der Waals surface area contributed by atoms with Crippen molar-refractivity contribution >= 4 is 23.2 Å². The Kier molecular flexibility index (Phi) is 4.94. The molecule has 2 aromatic heterocycles. The summed E-state index contributed by atoms with van der Waals surface area (Å²) in [6, 6.07) is 16.5. The highest BCUT2D eigenvalue weighted by molar-refractivity contribution is 6.34. The van der Waals surface area contributed by atoms with Crippen LogP contribution >= 0.6 is 11.6 Å². The monoisotopic (exact) mass is 406 g/mol. The number of hydrogen-bond acceptors (Lipinski definition) is 4. The fourth-order valence-corrected chi connectivity index (χ4v) is 3.40. The van der Waals surface area contributed by atoms with E-state index in [2.05, 4.69) is 15.6 Å². The molecule has 1 N–H and O–H groups in total. The molecule has 29 heavy (non-hydrogen) atoms. The SMILES string of the molecule is Cc1cc(-c2ccccc2NC(=O)c2cc(-n3nc(C)cc3C)ccc2Cl)on1. The van der Waals surface area contributed by atoms with Crippen molar-refractivity contribution in [3.8, 4) is 17.0 Å². The summed E-state index contributed by atoms with van der Waals surface area (Å²) in [5, 5.41) is 11.7. The number of rotatable bonds is 4. The van der Waals surface area contributed by atoms with E-state index in [1.165, 1.54) is 0 Å². The minimum atomic E-state index is -0.318. The molecule has 0 saturated heterocycles. The smallest absolute Gasteiger partial charge is 0.257 e. The maximum Gasteiger partial charge on any atom is 0.257 e. The zero-order chi connectivity index (χ0) is 20.5. The van der Waals surface area contributed by atoms with Gasteiger partial charge in [0.1, 0.15) is 0 Å². The lowest BCUT2D eigenvalue weighted by Gasteiger charge is -2.12. The van der Waals surface area contributed by atoms with Gasteiger partial charge in [0, 0.05) is 17.3 Å². The van der Waals surface area contributed by atoms with Crippen molar-refractivity contribution in [2.45, 2.75) is 20.8 Å². The van der Waals surface area contributed by atoms with Crippen LogP contribution in [-0.2, 0) is 0 Å². The summed E-state index contributed by atoms with van der Waals surface area (Å²) < 4.78 is 7.14. The zero-order valence-electron chi connectivity index (χ0n) is 16.2. The van der Waals surface area contributed by atoms with Crippen LogP contribution in [0.5, 0.6) is 0 Å². The molecule has 0 aliphatic carbocycles. The van der Waals surface area contributed by atoms with Crippen LogP contribution in [-0.4, -0.2) is 20.8 Å². The predicted molar refractivity (Wildman–Crippen MR) is 113 cm³/mol. The Labute approximate surface area is 173 Å². The van der Waals surface area contributed by atoms with Gasteiger partial charge in [0.05, 0.1) is 33.3 Å². The van der Waals surface area contributed by atoms with Crippen molar-refractivity contribution in [3.63, 3.8) is 0 Å². The van der Waals surface area contributed by atoms with Crippen LogP contribution in [0.2, 0.25) is 5.02 Å². The number of carbonyl (C=O) groups excluding carboxylic acids is 1. The lowest BCUT2D eigenvalue weighted by atomic mass is 10.1. The lowest BCUT2D eigenvalue weighted by Crippen LogP contribution is -2.14. The third-order valence-corrected chi connectivity index (χ3v) is 4.85. The van der Waals surface area contributed by atoms with Gasteiger partial charge < -0.3 is 9.84 Å². The molecule has 0 unspecified atom stereocenters. The highest BCUT2D eigenvalue weighted by Gasteiger charge is 2.17. The standard InChI is InChI=1S/C22H19ClN4O2/c1-13-10-15(3)27(25-13)16-8-9-19(23)18(12-16)22(28)24-20-7-5-4-6-17(20)21-11-14(2)26-29-21/h4-12H,1-3H3,(H,24,28). The number of amides is 1. The first-order chi connectivity index (χ1) is 13.9. The van der Waals surface area contributed by atoms with E-state index in [0.29, 0.717) is 22.0 Å². The summed E-state index contributed by atoms with van der Waals surface area (Å²) in [5.74, 6) is 0.267. The summed E-state index contributed by atoms with van der Waals surface area (Å²) in [7, 11) is 0. The maximum atomic E-state index is 13.0. The number of nitrogens with zero attached hydrogens (tertiary/aromatic N) is 3. The molecule has 146 valence electrons. The molecule has 4 aromatic rings. The zero-order valence-corrected chi connectivity index (χ0v) is 17.0. The first-order valence-corrected chi connectivity index (χ1v) is 9.47. The van der Waals surface area contributed by atoms with E-state index < -0.39 is 0 Å². The van der Waals surface area contributed by atoms with Gasteiger partial charge in [-0.15, -0.1) is 0 Å². The molecular formula is C22H19ClN4O2. The fraction of sp³-hybridized carbons (Fsp3) is 0.136. The van der Waals surface area contributed by atoms with Gasteiger partial charge in [0.15, 0.2) is 5.76 Å². The Bertz CT molecular complexity index is 1210. The van der Waals surface area contributed by atoms with Crippen molar-refractivity contribution in [2.24, 2.45) is 0 Å². The number of carbonyl (C=O) groups is 1. The van der Waals surface area contributed by atoms with Gasteiger partial charge in [-0.25, -0.2) is 4.68 Å². The fourth-order valence-electron chi connectivity index (χ4n) is 3.20. The molecule has 4 rings (SSSR count). The van der Waals surface area contributed by atoms with Crippen molar-refractivity contribution in [3.05, 3.63) is 82.3 Å². The van der Waals surface area contributed by atoms with E-state index >= 15 is 0 Å². The Hall–Kier alpha value is -3.38. The number of para-hydroxylation sites is 1. The quantitative estimate of drug-likeness (QED) is 0.495. The molecule has 0 aliphatic rings. The van der Waals surface area contributed by atoms with Crippen molar-refractivity contribution in [1.82, 2.24) is 14.9 Å². The van der Waals surface area contributed by atoms with Gasteiger partial charge in [-0.1, -0.05) is 28.9 Å². The van der Waals surface area contributed by atoms with Crippen LogP contribution in [0.3, 0.4) is 0 Å².